The Morgan fingerprint density at radius 2 is 1.70 bits per heavy atom. The number of rotatable bonds is 2. The van der Waals surface area contributed by atoms with Crippen molar-refractivity contribution in [3.05, 3.63) is 41.1 Å². The maximum absolute atomic E-state index is 11.8. The summed E-state index contributed by atoms with van der Waals surface area (Å²) in [6.45, 7) is 8.29. The van der Waals surface area contributed by atoms with Crippen LogP contribution in [0, 0.1) is 0 Å². The lowest BCUT2D eigenvalue weighted by atomic mass is 10.0. The molecule has 0 saturated carbocycles. The third kappa shape index (κ3) is 3.72. The number of amides is 2. The summed E-state index contributed by atoms with van der Waals surface area (Å²) in [5.41, 5.74) is 4.04. The molecule has 27 heavy (non-hydrogen) atoms. The van der Waals surface area contributed by atoms with Gasteiger partial charge in [0.2, 0.25) is 0 Å². The van der Waals surface area contributed by atoms with Crippen LogP contribution in [-0.2, 0) is 0 Å². The highest BCUT2D eigenvalue weighted by molar-refractivity contribution is 5.94. The molecule has 0 radical (unpaired) electrons. The highest BCUT2D eigenvalue weighted by Crippen LogP contribution is 2.38. The van der Waals surface area contributed by atoms with Gasteiger partial charge in [-0.2, -0.15) is 0 Å². The molecule has 0 saturated heterocycles. The summed E-state index contributed by atoms with van der Waals surface area (Å²) in [5, 5.41) is 16.5. The lowest BCUT2D eigenvalue weighted by Crippen LogP contribution is -2.50. The van der Waals surface area contributed by atoms with Crippen molar-refractivity contribution >= 4 is 17.7 Å². The van der Waals surface area contributed by atoms with Crippen LogP contribution in [-0.4, -0.2) is 59.2 Å². The molecule has 0 atom stereocenters. The van der Waals surface area contributed by atoms with Crippen molar-refractivity contribution in [3.8, 4) is 0 Å². The van der Waals surface area contributed by atoms with Crippen molar-refractivity contribution in [1.82, 2.24) is 15.2 Å². The molecule has 2 aliphatic rings. The average Bonchev–Trinajstić information content (AvgIpc) is 2.88. The number of hydrogen-bond donors (Lipinski definition) is 2. The molecule has 2 amide bonds. The molecule has 7 nitrogen and oxygen atoms in total. The normalized spacial score (nSPS) is 17.7. The Morgan fingerprint density at radius 3 is 2.26 bits per heavy atom. The highest BCUT2D eigenvalue weighted by Gasteiger charge is 2.38. The minimum Gasteiger partial charge on any atom is -0.465 e. The molecule has 3 rings (SSSR count). The number of carbonyl (C=O) groups is 2. The molecule has 2 N–H and O–H groups in total. The molecule has 146 valence electrons. The van der Waals surface area contributed by atoms with Crippen LogP contribution in [0.5, 0.6) is 0 Å². The molecule has 0 aromatic heterocycles. The zero-order chi connectivity index (χ0) is 19.8. The summed E-state index contributed by atoms with van der Waals surface area (Å²) in [4.78, 5) is 24.7. The molecule has 2 aliphatic heterocycles. The predicted molar refractivity (Wildman–Crippen MR) is 105 cm³/mol. The van der Waals surface area contributed by atoms with Crippen molar-refractivity contribution in [1.29, 1.82) is 0 Å². The van der Waals surface area contributed by atoms with Crippen LogP contribution in [0.2, 0.25) is 0 Å². The molecule has 0 fully saturated rings. The van der Waals surface area contributed by atoms with Crippen LogP contribution in [0.15, 0.2) is 35.5 Å². The van der Waals surface area contributed by atoms with Crippen molar-refractivity contribution < 1.29 is 14.7 Å². The number of anilines is 1. The van der Waals surface area contributed by atoms with E-state index in [-0.39, 0.29) is 11.4 Å². The van der Waals surface area contributed by atoms with E-state index in [0.717, 1.165) is 18.7 Å². The Labute approximate surface area is 160 Å². The molecule has 0 aliphatic carbocycles. The van der Waals surface area contributed by atoms with Crippen LogP contribution >= 0.6 is 0 Å². The third-order valence-corrected chi connectivity index (χ3v) is 5.11. The number of hydrazine groups is 1. The first-order valence-electron chi connectivity index (χ1n) is 9.31. The lowest BCUT2D eigenvalue weighted by molar-refractivity contribution is 0.0963. The zero-order valence-electron chi connectivity index (χ0n) is 16.5. The van der Waals surface area contributed by atoms with Crippen molar-refractivity contribution in [2.24, 2.45) is 0 Å². The molecule has 0 bridgehead atoms. The molecule has 0 unspecified atom stereocenters. The molecule has 1 aromatic carbocycles. The van der Waals surface area contributed by atoms with Crippen LogP contribution in [0.25, 0.3) is 0 Å². The minimum atomic E-state index is -0.847. The van der Waals surface area contributed by atoms with Gasteiger partial charge in [-0.05, 0) is 57.0 Å². The summed E-state index contributed by atoms with van der Waals surface area (Å²) in [6, 6.07) is 7.62. The Bertz CT molecular complexity index is 764. The largest absolute Gasteiger partial charge is 0.465 e. The topological polar surface area (TPSA) is 76.1 Å². The van der Waals surface area contributed by atoms with Crippen LogP contribution in [0.4, 0.5) is 10.5 Å². The fraction of sp³-hybridized carbons (Fsp3) is 0.500. The monoisotopic (exact) mass is 372 g/mol. The third-order valence-electron chi connectivity index (χ3n) is 5.11. The van der Waals surface area contributed by atoms with Gasteiger partial charge in [-0.15, -0.1) is 0 Å². The number of nitrogens with zero attached hydrogens (tertiary/aromatic N) is 3. The van der Waals surface area contributed by atoms with Gasteiger partial charge in [0, 0.05) is 37.8 Å². The molecule has 2 heterocycles. The van der Waals surface area contributed by atoms with Gasteiger partial charge in [0.25, 0.3) is 5.91 Å². The quantitative estimate of drug-likeness (QED) is 0.835. The minimum absolute atomic E-state index is 0.0988. The fourth-order valence-corrected chi connectivity index (χ4v) is 3.86. The maximum Gasteiger partial charge on any atom is 0.407 e. The number of carboxylic acid groups (broad SMARTS) is 1. The van der Waals surface area contributed by atoms with E-state index in [4.69, 9.17) is 0 Å². The molecular formula is C20H28N4O3. The fourth-order valence-electron chi connectivity index (χ4n) is 3.86. The average molecular weight is 372 g/mol. The molecule has 7 heteroatoms. The van der Waals surface area contributed by atoms with Gasteiger partial charge in [0.15, 0.2) is 0 Å². The van der Waals surface area contributed by atoms with Crippen LogP contribution in [0.3, 0.4) is 0 Å². The van der Waals surface area contributed by atoms with E-state index in [9.17, 15) is 14.7 Å². The van der Waals surface area contributed by atoms with Gasteiger partial charge in [-0.3, -0.25) is 14.8 Å². The summed E-state index contributed by atoms with van der Waals surface area (Å²) in [6.07, 6.45) is 0.618. The van der Waals surface area contributed by atoms with E-state index < -0.39 is 6.09 Å². The van der Waals surface area contributed by atoms with Crippen molar-refractivity contribution in [3.63, 3.8) is 0 Å². The Hall–Kier alpha value is -2.70. The first kappa shape index (κ1) is 19.1. The van der Waals surface area contributed by atoms with E-state index in [1.54, 1.807) is 7.05 Å². The summed E-state index contributed by atoms with van der Waals surface area (Å²) in [5.74, 6) is -0.0988. The second-order valence-corrected chi connectivity index (χ2v) is 7.99. The lowest BCUT2D eigenvalue weighted by Gasteiger charge is -2.44. The molecular weight excluding hydrogens is 344 g/mol. The summed E-state index contributed by atoms with van der Waals surface area (Å²) < 4.78 is 0. The number of hydrogen-bond acceptors (Lipinski definition) is 4. The Balaban J connectivity index is 1.88. The van der Waals surface area contributed by atoms with Crippen molar-refractivity contribution in [2.45, 2.75) is 39.2 Å². The summed E-state index contributed by atoms with van der Waals surface area (Å²) in [7, 11) is 1.62. The van der Waals surface area contributed by atoms with E-state index in [0.29, 0.717) is 25.1 Å². The molecule has 0 spiro atoms. The number of benzene rings is 1. The first-order chi connectivity index (χ1) is 12.7. The molecule has 1 aromatic rings. The second-order valence-electron chi connectivity index (χ2n) is 7.99. The van der Waals surface area contributed by atoms with Gasteiger partial charge < -0.3 is 15.3 Å². The predicted octanol–water partition coefficient (Wildman–Crippen LogP) is 2.91. The van der Waals surface area contributed by atoms with E-state index in [1.165, 1.54) is 16.2 Å². The van der Waals surface area contributed by atoms with Gasteiger partial charge in [0.05, 0.1) is 17.8 Å². The van der Waals surface area contributed by atoms with Gasteiger partial charge >= 0.3 is 6.09 Å². The first-order valence-corrected chi connectivity index (χ1v) is 9.31. The van der Waals surface area contributed by atoms with Gasteiger partial charge in [-0.1, -0.05) is 0 Å². The van der Waals surface area contributed by atoms with E-state index in [1.807, 2.05) is 24.3 Å². The van der Waals surface area contributed by atoms with Gasteiger partial charge in [0.1, 0.15) is 0 Å². The van der Waals surface area contributed by atoms with Crippen LogP contribution in [0.1, 0.15) is 44.0 Å². The maximum atomic E-state index is 11.8. The highest BCUT2D eigenvalue weighted by atomic mass is 16.4. The van der Waals surface area contributed by atoms with Gasteiger partial charge in [-0.25, -0.2) is 4.79 Å². The summed E-state index contributed by atoms with van der Waals surface area (Å²) >= 11 is 0. The van der Waals surface area contributed by atoms with E-state index in [2.05, 4.69) is 36.1 Å². The standard InChI is InChI=1S/C20H28N4O3/c1-20(2,3)24-17-10-12-22(19(26)27)11-9-15(17)13-23(24)16-7-5-14(6-8-16)18(25)21-4/h5-8H,9-13H2,1-4H3,(H,21,25)(H,26,27). The SMILES string of the molecule is CNC(=O)c1ccc(N2CC3=C(CCN(C(=O)O)CC3)N2C(C)(C)C)cc1. The van der Waals surface area contributed by atoms with E-state index >= 15 is 0 Å². The Kier molecular flexibility index (Phi) is 5.04. The second kappa shape index (κ2) is 7.13. The van der Waals surface area contributed by atoms with Crippen molar-refractivity contribution in [2.75, 3.05) is 31.7 Å². The number of nitrogens with one attached hydrogen (secondary N) is 1. The smallest absolute Gasteiger partial charge is 0.407 e. The number of carbonyl (C=O) groups excluding carboxylic acids is 1. The zero-order valence-corrected chi connectivity index (χ0v) is 16.5. The Morgan fingerprint density at radius 1 is 1.07 bits per heavy atom. The van der Waals surface area contributed by atoms with Crippen LogP contribution < -0.4 is 10.3 Å².